The van der Waals surface area contributed by atoms with Crippen molar-refractivity contribution >= 4 is 23.2 Å². The molecule has 29 heavy (non-hydrogen) atoms. The number of aryl methyl sites for hydroxylation is 2. The summed E-state index contributed by atoms with van der Waals surface area (Å²) in [7, 11) is 0. The number of ether oxygens (including phenoxy) is 2. The van der Waals surface area contributed by atoms with Gasteiger partial charge >= 0.3 is 0 Å². The van der Waals surface area contributed by atoms with Crippen LogP contribution in [0.3, 0.4) is 0 Å². The van der Waals surface area contributed by atoms with Crippen LogP contribution in [0.5, 0.6) is 11.5 Å². The summed E-state index contributed by atoms with van der Waals surface area (Å²) in [6.45, 7) is 2.43. The average molecular weight is 410 g/mol. The minimum atomic E-state index is -0.237. The number of nitrogens with one attached hydrogen (secondary N) is 1. The van der Waals surface area contributed by atoms with Crippen LogP contribution in [0.25, 0.3) is 0 Å². The Hall–Kier alpha value is -2.98. The van der Waals surface area contributed by atoms with Crippen LogP contribution in [0, 0.1) is 6.92 Å². The van der Waals surface area contributed by atoms with Crippen molar-refractivity contribution in [3.63, 3.8) is 0 Å². The lowest BCUT2D eigenvalue weighted by atomic mass is 10.1. The first-order valence-electron chi connectivity index (χ1n) is 9.56. The van der Waals surface area contributed by atoms with Gasteiger partial charge < -0.3 is 14.8 Å². The maximum absolute atomic E-state index is 12.2. The Morgan fingerprint density at radius 3 is 2.52 bits per heavy atom. The molecule has 5 heteroatoms. The fraction of sp³-hybridized carbons (Fsp3) is 0.208. The molecular weight excluding hydrogens is 386 g/mol. The number of amides is 1. The van der Waals surface area contributed by atoms with Crippen molar-refractivity contribution in [3.8, 4) is 11.5 Å². The molecule has 0 aromatic heterocycles. The molecule has 150 valence electrons. The Morgan fingerprint density at radius 2 is 1.72 bits per heavy atom. The smallest absolute Gasteiger partial charge is 0.262 e. The van der Waals surface area contributed by atoms with E-state index in [1.165, 1.54) is 5.56 Å². The van der Waals surface area contributed by atoms with E-state index in [2.05, 4.69) is 17.4 Å². The molecule has 0 saturated heterocycles. The van der Waals surface area contributed by atoms with Crippen molar-refractivity contribution in [1.29, 1.82) is 0 Å². The predicted molar refractivity (Wildman–Crippen MR) is 117 cm³/mol. The van der Waals surface area contributed by atoms with Crippen LogP contribution < -0.4 is 14.8 Å². The van der Waals surface area contributed by atoms with Gasteiger partial charge in [0.1, 0.15) is 11.5 Å². The van der Waals surface area contributed by atoms with E-state index in [4.69, 9.17) is 21.1 Å². The topological polar surface area (TPSA) is 47.6 Å². The van der Waals surface area contributed by atoms with Gasteiger partial charge in [-0.1, -0.05) is 48.0 Å². The Labute approximate surface area is 176 Å². The zero-order valence-corrected chi connectivity index (χ0v) is 17.1. The molecule has 1 N–H and O–H groups in total. The molecule has 4 nitrogen and oxygen atoms in total. The molecule has 0 fully saturated rings. The molecule has 0 aliphatic heterocycles. The van der Waals surface area contributed by atoms with Crippen molar-refractivity contribution in [2.45, 2.75) is 19.8 Å². The Morgan fingerprint density at radius 1 is 0.931 bits per heavy atom. The number of hydrogen-bond donors (Lipinski definition) is 1. The summed E-state index contributed by atoms with van der Waals surface area (Å²) in [5.41, 5.74) is 2.88. The van der Waals surface area contributed by atoms with E-state index in [1.807, 2.05) is 49.4 Å². The fourth-order valence-corrected chi connectivity index (χ4v) is 2.95. The van der Waals surface area contributed by atoms with Gasteiger partial charge in [-0.2, -0.15) is 0 Å². The van der Waals surface area contributed by atoms with Crippen molar-refractivity contribution < 1.29 is 14.3 Å². The lowest BCUT2D eigenvalue weighted by Crippen LogP contribution is -2.20. The van der Waals surface area contributed by atoms with E-state index in [9.17, 15) is 4.79 Å². The maximum Gasteiger partial charge on any atom is 0.262 e. The highest BCUT2D eigenvalue weighted by atomic mass is 35.5. The molecule has 3 rings (SSSR count). The van der Waals surface area contributed by atoms with Gasteiger partial charge in [0.25, 0.3) is 5.91 Å². The van der Waals surface area contributed by atoms with Crippen LogP contribution in [0.1, 0.15) is 17.5 Å². The number of benzene rings is 3. The van der Waals surface area contributed by atoms with Crippen LogP contribution >= 0.6 is 11.6 Å². The average Bonchev–Trinajstić information content (AvgIpc) is 2.73. The highest BCUT2D eigenvalue weighted by molar-refractivity contribution is 6.31. The second-order valence-electron chi connectivity index (χ2n) is 6.71. The summed E-state index contributed by atoms with van der Waals surface area (Å²) < 4.78 is 11.3. The third-order valence-electron chi connectivity index (χ3n) is 4.34. The maximum atomic E-state index is 12.2. The third kappa shape index (κ3) is 6.84. The van der Waals surface area contributed by atoms with Crippen LogP contribution in [-0.2, 0) is 11.2 Å². The van der Waals surface area contributed by atoms with Gasteiger partial charge in [-0.3, -0.25) is 4.79 Å². The molecule has 0 aliphatic carbocycles. The Balaban J connectivity index is 1.43. The van der Waals surface area contributed by atoms with Crippen molar-refractivity contribution in [1.82, 2.24) is 0 Å². The number of carbonyl (C=O) groups is 1. The Kier molecular flexibility index (Phi) is 7.54. The quantitative estimate of drug-likeness (QED) is 0.462. The summed E-state index contributed by atoms with van der Waals surface area (Å²) in [5, 5.41) is 3.49. The predicted octanol–water partition coefficient (Wildman–Crippen LogP) is 5.68. The van der Waals surface area contributed by atoms with E-state index in [0.717, 1.165) is 24.2 Å². The summed E-state index contributed by atoms with van der Waals surface area (Å²) in [4.78, 5) is 12.2. The molecule has 0 bridgehead atoms. The first kappa shape index (κ1) is 20.7. The van der Waals surface area contributed by atoms with Gasteiger partial charge in [0.05, 0.1) is 6.61 Å². The zero-order chi connectivity index (χ0) is 20.5. The minimum Gasteiger partial charge on any atom is -0.494 e. The van der Waals surface area contributed by atoms with Gasteiger partial charge in [-0.25, -0.2) is 0 Å². The van der Waals surface area contributed by atoms with Gasteiger partial charge in [-0.05, 0) is 61.2 Å². The highest BCUT2D eigenvalue weighted by Crippen LogP contribution is 2.21. The van der Waals surface area contributed by atoms with Crippen LogP contribution in [0.4, 0.5) is 5.69 Å². The van der Waals surface area contributed by atoms with Gasteiger partial charge in [0.15, 0.2) is 6.61 Å². The lowest BCUT2D eigenvalue weighted by molar-refractivity contribution is -0.118. The SMILES string of the molecule is Cc1cc(OCC(=O)Nc2cccc(OCCCc3ccccc3)c2)ccc1Cl. The number of hydrogen-bond acceptors (Lipinski definition) is 3. The molecule has 1 amide bonds. The number of rotatable bonds is 9. The van der Waals surface area contributed by atoms with E-state index < -0.39 is 0 Å². The molecule has 0 saturated carbocycles. The summed E-state index contributed by atoms with van der Waals surface area (Å²) in [5.74, 6) is 1.10. The number of carbonyl (C=O) groups excluding carboxylic acids is 1. The van der Waals surface area contributed by atoms with E-state index >= 15 is 0 Å². The largest absolute Gasteiger partial charge is 0.494 e. The third-order valence-corrected chi connectivity index (χ3v) is 4.76. The van der Waals surface area contributed by atoms with Gasteiger partial charge in [0.2, 0.25) is 0 Å². The fourth-order valence-electron chi connectivity index (χ4n) is 2.83. The van der Waals surface area contributed by atoms with Gasteiger partial charge in [0, 0.05) is 16.8 Å². The van der Waals surface area contributed by atoms with Crippen LogP contribution in [-0.4, -0.2) is 19.1 Å². The number of anilines is 1. The molecule has 0 spiro atoms. The van der Waals surface area contributed by atoms with Gasteiger partial charge in [-0.15, -0.1) is 0 Å². The normalized spacial score (nSPS) is 10.4. The minimum absolute atomic E-state index is 0.0801. The van der Waals surface area contributed by atoms with Crippen molar-refractivity contribution in [3.05, 3.63) is 88.9 Å². The molecular formula is C24H24ClNO3. The molecule has 0 unspecified atom stereocenters. The monoisotopic (exact) mass is 409 g/mol. The molecule has 0 atom stereocenters. The second-order valence-corrected chi connectivity index (χ2v) is 7.12. The molecule has 3 aromatic carbocycles. The summed E-state index contributed by atoms with van der Waals surface area (Å²) >= 11 is 6.00. The van der Waals surface area contributed by atoms with Crippen LogP contribution in [0.15, 0.2) is 72.8 Å². The summed E-state index contributed by atoms with van der Waals surface area (Å²) in [6.07, 6.45) is 1.90. The van der Waals surface area contributed by atoms with Crippen LogP contribution in [0.2, 0.25) is 5.02 Å². The standard InChI is InChI=1S/C24H24ClNO3/c1-18-15-22(12-13-23(18)25)29-17-24(27)26-20-10-5-11-21(16-20)28-14-6-9-19-7-3-2-4-8-19/h2-5,7-8,10-13,15-16H,6,9,14,17H2,1H3,(H,26,27). The Bertz CT molecular complexity index is 944. The number of halogens is 1. The van der Waals surface area contributed by atoms with Crippen molar-refractivity contribution in [2.75, 3.05) is 18.5 Å². The highest BCUT2D eigenvalue weighted by Gasteiger charge is 2.06. The van der Waals surface area contributed by atoms with E-state index in [0.29, 0.717) is 23.1 Å². The van der Waals surface area contributed by atoms with E-state index in [1.54, 1.807) is 18.2 Å². The molecule has 0 heterocycles. The molecule has 3 aromatic rings. The zero-order valence-electron chi connectivity index (χ0n) is 16.4. The van der Waals surface area contributed by atoms with Crippen molar-refractivity contribution in [2.24, 2.45) is 0 Å². The molecule has 0 radical (unpaired) electrons. The molecule has 0 aliphatic rings. The first-order valence-corrected chi connectivity index (χ1v) is 9.93. The summed E-state index contributed by atoms with van der Waals surface area (Å²) in [6, 6.07) is 23.0. The second kappa shape index (κ2) is 10.5. The first-order chi connectivity index (χ1) is 14.1. The van der Waals surface area contributed by atoms with E-state index in [-0.39, 0.29) is 12.5 Å². The lowest BCUT2D eigenvalue weighted by Gasteiger charge is -2.10.